The molecule has 2 heterocycles. The van der Waals surface area contributed by atoms with Crippen molar-refractivity contribution < 1.29 is 22.7 Å². The van der Waals surface area contributed by atoms with Crippen LogP contribution in [-0.4, -0.2) is 40.3 Å². The predicted octanol–water partition coefficient (Wildman–Crippen LogP) is 2.60. The fourth-order valence-electron chi connectivity index (χ4n) is 3.03. The minimum absolute atomic E-state index is 0.000580. The summed E-state index contributed by atoms with van der Waals surface area (Å²) in [4.78, 5) is 13.9. The highest BCUT2D eigenvalue weighted by Gasteiger charge is 2.38. The Labute approximate surface area is 133 Å². The van der Waals surface area contributed by atoms with E-state index in [1.54, 1.807) is 0 Å². The normalized spacial score (nSPS) is 22.2. The Morgan fingerprint density at radius 2 is 2.22 bits per heavy atom. The molecule has 130 valence electrons. The summed E-state index contributed by atoms with van der Waals surface area (Å²) >= 11 is 0. The van der Waals surface area contributed by atoms with Crippen molar-refractivity contribution in [3.63, 3.8) is 0 Å². The Morgan fingerprint density at radius 1 is 1.52 bits per heavy atom. The van der Waals surface area contributed by atoms with Gasteiger partial charge in [-0.05, 0) is 19.3 Å². The van der Waals surface area contributed by atoms with Crippen molar-refractivity contribution in [1.29, 1.82) is 0 Å². The molecule has 5 nitrogen and oxygen atoms in total. The van der Waals surface area contributed by atoms with Gasteiger partial charge in [0.15, 0.2) is 5.69 Å². The zero-order chi connectivity index (χ0) is 17.2. The molecule has 1 aromatic heterocycles. The highest BCUT2D eigenvalue weighted by Crippen LogP contribution is 2.31. The molecule has 1 amide bonds. The Kier molecular flexibility index (Phi) is 5.33. The van der Waals surface area contributed by atoms with Gasteiger partial charge in [-0.3, -0.25) is 9.48 Å². The van der Waals surface area contributed by atoms with E-state index in [4.69, 9.17) is 4.74 Å². The lowest BCUT2D eigenvalue weighted by Crippen LogP contribution is -2.42. The summed E-state index contributed by atoms with van der Waals surface area (Å²) in [7, 11) is 2.96. The first-order chi connectivity index (χ1) is 10.7. The van der Waals surface area contributed by atoms with Crippen molar-refractivity contribution in [3.05, 3.63) is 17.5 Å². The third-order valence-corrected chi connectivity index (χ3v) is 4.12. The Morgan fingerprint density at radius 3 is 2.83 bits per heavy atom. The number of ether oxygens (including phenoxy) is 1. The van der Waals surface area contributed by atoms with Gasteiger partial charge < -0.3 is 9.64 Å². The fraction of sp³-hybridized carbons (Fsp3) is 0.733. The van der Waals surface area contributed by atoms with Crippen molar-refractivity contribution in [1.82, 2.24) is 14.7 Å². The van der Waals surface area contributed by atoms with Gasteiger partial charge in [-0.25, -0.2) is 0 Å². The summed E-state index contributed by atoms with van der Waals surface area (Å²) in [6.07, 6.45) is -1.16. The van der Waals surface area contributed by atoms with E-state index in [9.17, 15) is 18.0 Å². The van der Waals surface area contributed by atoms with Crippen LogP contribution in [0.25, 0.3) is 0 Å². The first-order valence-electron chi connectivity index (χ1n) is 7.70. The topological polar surface area (TPSA) is 47.4 Å². The molecule has 1 aliphatic rings. The third kappa shape index (κ3) is 4.04. The smallest absolute Gasteiger partial charge is 0.377 e. The Balaban J connectivity index is 2.12. The highest BCUT2D eigenvalue weighted by atomic mass is 19.4. The van der Waals surface area contributed by atoms with Crippen LogP contribution in [0.3, 0.4) is 0 Å². The zero-order valence-electron chi connectivity index (χ0n) is 13.6. The quantitative estimate of drug-likeness (QED) is 0.851. The van der Waals surface area contributed by atoms with Crippen molar-refractivity contribution in [2.75, 3.05) is 13.7 Å². The van der Waals surface area contributed by atoms with Crippen LogP contribution >= 0.6 is 0 Å². The monoisotopic (exact) mass is 333 g/mol. The molecule has 1 fully saturated rings. The Bertz CT molecular complexity index is 557. The van der Waals surface area contributed by atoms with Crippen molar-refractivity contribution in [2.24, 2.45) is 13.0 Å². The average molecular weight is 333 g/mol. The van der Waals surface area contributed by atoms with E-state index in [0.717, 1.165) is 11.1 Å². The molecule has 8 heteroatoms. The molecule has 2 atom stereocenters. The summed E-state index contributed by atoms with van der Waals surface area (Å²) in [5.74, 6) is -0.460. The maximum Gasteiger partial charge on any atom is 0.435 e. The molecule has 0 spiro atoms. The molecule has 0 saturated carbocycles. The largest absolute Gasteiger partial charge is 0.435 e. The molecule has 1 aromatic rings. The number of carbonyl (C=O) groups is 1. The van der Waals surface area contributed by atoms with E-state index in [-0.39, 0.29) is 30.0 Å². The summed E-state index contributed by atoms with van der Waals surface area (Å²) in [6.45, 7) is 2.46. The Hall–Kier alpha value is -1.57. The number of alkyl halides is 3. The second kappa shape index (κ2) is 6.90. The highest BCUT2D eigenvalue weighted by molar-refractivity contribution is 5.79. The number of carbonyl (C=O) groups excluding carboxylic acids is 1. The molecule has 1 aliphatic heterocycles. The van der Waals surface area contributed by atoms with Crippen LogP contribution in [0.4, 0.5) is 13.2 Å². The lowest BCUT2D eigenvalue weighted by Gasteiger charge is -2.33. The number of hydrogen-bond acceptors (Lipinski definition) is 3. The van der Waals surface area contributed by atoms with Gasteiger partial charge in [0.25, 0.3) is 0 Å². The van der Waals surface area contributed by atoms with Gasteiger partial charge in [0.05, 0.1) is 12.0 Å². The fourth-order valence-corrected chi connectivity index (χ4v) is 3.03. The lowest BCUT2D eigenvalue weighted by atomic mass is 9.91. The maximum absolute atomic E-state index is 13.0. The molecule has 0 unspecified atom stereocenters. The summed E-state index contributed by atoms with van der Waals surface area (Å²) in [5.41, 5.74) is -0.938. The lowest BCUT2D eigenvalue weighted by molar-refractivity contribution is -0.147. The van der Waals surface area contributed by atoms with Gasteiger partial charge in [0.1, 0.15) is 0 Å². The second-order valence-electron chi connectivity index (χ2n) is 5.93. The van der Waals surface area contributed by atoms with Crippen molar-refractivity contribution in [3.8, 4) is 0 Å². The van der Waals surface area contributed by atoms with Gasteiger partial charge in [0.2, 0.25) is 5.91 Å². The van der Waals surface area contributed by atoms with Crippen LogP contribution in [0.1, 0.15) is 37.4 Å². The van der Waals surface area contributed by atoms with Crippen LogP contribution in [0, 0.1) is 5.92 Å². The number of nitrogens with zero attached hydrogens (tertiary/aromatic N) is 3. The number of aromatic nitrogens is 2. The van der Waals surface area contributed by atoms with Gasteiger partial charge in [-0.2, -0.15) is 18.3 Å². The van der Waals surface area contributed by atoms with Crippen molar-refractivity contribution in [2.45, 2.75) is 45.0 Å². The molecule has 0 aliphatic carbocycles. The van der Waals surface area contributed by atoms with Crippen LogP contribution in [0.15, 0.2) is 6.20 Å². The molecule has 23 heavy (non-hydrogen) atoms. The van der Waals surface area contributed by atoms with Crippen molar-refractivity contribution >= 4 is 5.91 Å². The maximum atomic E-state index is 13.0. The number of rotatable bonds is 4. The van der Waals surface area contributed by atoms with Crippen LogP contribution in [-0.2, 0) is 29.3 Å². The summed E-state index contributed by atoms with van der Waals surface area (Å²) in [5, 5.41) is 3.47. The molecule has 0 aromatic carbocycles. The van der Waals surface area contributed by atoms with Gasteiger partial charge in [0, 0.05) is 39.0 Å². The minimum atomic E-state index is -4.53. The zero-order valence-corrected chi connectivity index (χ0v) is 13.6. The standard InChI is InChI=1S/C15H22F3N3O2/c1-4-12-11(6-5-7-23-12)14(22)20(2)8-10-9-21(3)19-13(10)15(16,17)18/h9,11-12H,4-8H2,1-3H3/t11-,12+/m1/s1. The molecule has 1 saturated heterocycles. The molecule has 0 bridgehead atoms. The van der Waals surface area contributed by atoms with E-state index in [1.807, 2.05) is 6.92 Å². The van der Waals surface area contributed by atoms with Crippen LogP contribution < -0.4 is 0 Å². The van der Waals surface area contributed by atoms with E-state index < -0.39 is 11.9 Å². The van der Waals surface area contributed by atoms with Crippen LogP contribution in [0.5, 0.6) is 0 Å². The SMILES string of the molecule is CC[C@@H]1OCCC[C@H]1C(=O)N(C)Cc1cn(C)nc1C(F)(F)F. The predicted molar refractivity (Wildman–Crippen MR) is 77.4 cm³/mol. The summed E-state index contributed by atoms with van der Waals surface area (Å²) < 4.78 is 45.7. The van der Waals surface area contributed by atoms with Gasteiger partial charge in [-0.1, -0.05) is 6.92 Å². The third-order valence-electron chi connectivity index (χ3n) is 4.12. The number of hydrogen-bond donors (Lipinski definition) is 0. The average Bonchev–Trinajstić information content (AvgIpc) is 2.87. The summed E-state index contributed by atoms with van der Waals surface area (Å²) in [6, 6.07) is 0. The van der Waals surface area contributed by atoms with Crippen LogP contribution in [0.2, 0.25) is 0 Å². The van der Waals surface area contributed by atoms with E-state index in [2.05, 4.69) is 5.10 Å². The first-order valence-corrected chi connectivity index (χ1v) is 7.70. The molecule has 0 radical (unpaired) electrons. The molecular weight excluding hydrogens is 311 g/mol. The molecule has 0 N–H and O–H groups in total. The van der Waals surface area contributed by atoms with E-state index in [0.29, 0.717) is 19.4 Å². The van der Waals surface area contributed by atoms with Gasteiger partial charge in [-0.15, -0.1) is 0 Å². The molecular formula is C15H22F3N3O2. The van der Waals surface area contributed by atoms with E-state index in [1.165, 1.54) is 25.2 Å². The minimum Gasteiger partial charge on any atom is -0.377 e. The van der Waals surface area contributed by atoms with Gasteiger partial charge >= 0.3 is 6.18 Å². The number of amides is 1. The molecule has 2 rings (SSSR count). The number of aryl methyl sites for hydroxylation is 1. The number of halogens is 3. The second-order valence-corrected chi connectivity index (χ2v) is 5.93. The van der Waals surface area contributed by atoms with E-state index >= 15 is 0 Å². The first kappa shape index (κ1) is 17.8.